The molecular formula is C14H16Cl2FN3. The Balaban J connectivity index is 2.49. The normalized spacial score (nSPS) is 12.7. The highest BCUT2D eigenvalue weighted by molar-refractivity contribution is 6.31. The van der Waals surface area contributed by atoms with E-state index < -0.39 is 5.82 Å². The molecule has 0 saturated carbocycles. The van der Waals surface area contributed by atoms with E-state index in [4.69, 9.17) is 23.2 Å². The lowest BCUT2D eigenvalue weighted by Crippen LogP contribution is -2.25. The molecule has 0 amide bonds. The first kappa shape index (κ1) is 15.3. The average Bonchev–Trinajstić information content (AvgIpc) is 2.80. The molecule has 0 aliphatic rings. The second-order valence-corrected chi connectivity index (χ2v) is 5.17. The van der Waals surface area contributed by atoms with Crippen molar-refractivity contribution < 1.29 is 4.39 Å². The maximum Gasteiger partial charge on any atom is 0.141 e. The Kier molecular flexibility index (Phi) is 5.02. The molecule has 20 heavy (non-hydrogen) atoms. The summed E-state index contributed by atoms with van der Waals surface area (Å²) in [6, 6.07) is 4.52. The van der Waals surface area contributed by atoms with E-state index in [-0.39, 0.29) is 11.1 Å². The van der Waals surface area contributed by atoms with Gasteiger partial charge in [0.05, 0.1) is 28.0 Å². The lowest BCUT2D eigenvalue weighted by molar-refractivity contribution is 0.541. The monoisotopic (exact) mass is 315 g/mol. The van der Waals surface area contributed by atoms with Gasteiger partial charge in [0.1, 0.15) is 5.82 Å². The maximum absolute atomic E-state index is 13.3. The predicted octanol–water partition coefficient (Wildman–Crippen LogP) is 4.05. The van der Waals surface area contributed by atoms with Crippen LogP contribution in [-0.2, 0) is 6.54 Å². The third-order valence-electron chi connectivity index (χ3n) is 3.09. The minimum absolute atomic E-state index is 0.101. The van der Waals surface area contributed by atoms with Crippen LogP contribution in [0.1, 0.15) is 31.1 Å². The van der Waals surface area contributed by atoms with Gasteiger partial charge < -0.3 is 5.32 Å². The number of hydrogen-bond donors (Lipinski definition) is 1. The van der Waals surface area contributed by atoms with Crippen LogP contribution in [0, 0.1) is 5.82 Å². The summed E-state index contributed by atoms with van der Waals surface area (Å²) >= 11 is 12.1. The zero-order valence-electron chi connectivity index (χ0n) is 11.3. The van der Waals surface area contributed by atoms with E-state index in [2.05, 4.69) is 10.4 Å². The third-order valence-corrected chi connectivity index (χ3v) is 3.67. The summed E-state index contributed by atoms with van der Waals surface area (Å²) < 4.78 is 15.1. The Morgan fingerprint density at radius 1 is 1.30 bits per heavy atom. The summed E-state index contributed by atoms with van der Waals surface area (Å²) in [5.74, 6) is -0.430. The second kappa shape index (κ2) is 6.57. The number of halogens is 3. The summed E-state index contributed by atoms with van der Waals surface area (Å²) in [6.07, 6.45) is 1.62. The molecule has 0 radical (unpaired) electrons. The molecule has 0 spiro atoms. The topological polar surface area (TPSA) is 29.9 Å². The molecular weight excluding hydrogens is 300 g/mol. The Labute approximate surface area is 127 Å². The number of nitrogens with zero attached hydrogens (tertiary/aromatic N) is 2. The van der Waals surface area contributed by atoms with Crippen LogP contribution in [0.4, 0.5) is 4.39 Å². The molecule has 0 aliphatic carbocycles. The molecule has 0 fully saturated rings. The van der Waals surface area contributed by atoms with Gasteiger partial charge in [0.25, 0.3) is 0 Å². The molecule has 1 N–H and O–H groups in total. The fraction of sp³-hybridized carbons (Fsp3) is 0.357. The minimum Gasteiger partial charge on any atom is -0.305 e. The van der Waals surface area contributed by atoms with Crippen molar-refractivity contribution in [1.29, 1.82) is 0 Å². The van der Waals surface area contributed by atoms with Crippen molar-refractivity contribution in [2.75, 3.05) is 6.54 Å². The van der Waals surface area contributed by atoms with Crippen LogP contribution in [0.3, 0.4) is 0 Å². The maximum atomic E-state index is 13.3. The Morgan fingerprint density at radius 2 is 2.05 bits per heavy atom. The Bertz CT molecular complexity index is 598. The Hall–Kier alpha value is -1.10. The highest BCUT2D eigenvalue weighted by Gasteiger charge is 2.21. The molecule has 108 valence electrons. The van der Waals surface area contributed by atoms with E-state index in [0.29, 0.717) is 11.6 Å². The standard InChI is InChI=1S/C14H16Cl2FN3/c1-3-18-13(9-5-6-12(17)10(15)7-9)14-11(16)8-19-20(14)4-2/h5-8,13,18H,3-4H2,1-2H3. The number of benzene rings is 1. The first-order chi connectivity index (χ1) is 9.58. The van der Waals surface area contributed by atoms with Crippen molar-refractivity contribution in [3.8, 4) is 0 Å². The van der Waals surface area contributed by atoms with E-state index in [1.165, 1.54) is 6.07 Å². The van der Waals surface area contributed by atoms with E-state index in [0.717, 1.165) is 17.8 Å². The molecule has 1 aromatic heterocycles. The minimum atomic E-state index is -0.430. The zero-order chi connectivity index (χ0) is 14.7. The number of aromatic nitrogens is 2. The van der Waals surface area contributed by atoms with Gasteiger partial charge >= 0.3 is 0 Å². The lowest BCUT2D eigenvalue weighted by Gasteiger charge is -2.20. The number of hydrogen-bond acceptors (Lipinski definition) is 2. The van der Waals surface area contributed by atoms with Crippen molar-refractivity contribution >= 4 is 23.2 Å². The summed E-state index contributed by atoms with van der Waals surface area (Å²) in [6.45, 7) is 5.44. The quantitative estimate of drug-likeness (QED) is 0.902. The predicted molar refractivity (Wildman–Crippen MR) is 79.8 cm³/mol. The van der Waals surface area contributed by atoms with Crippen LogP contribution in [0.2, 0.25) is 10.0 Å². The third kappa shape index (κ3) is 2.97. The fourth-order valence-corrected chi connectivity index (χ4v) is 2.62. The second-order valence-electron chi connectivity index (χ2n) is 4.36. The average molecular weight is 316 g/mol. The molecule has 6 heteroatoms. The molecule has 0 aliphatic heterocycles. The first-order valence-electron chi connectivity index (χ1n) is 6.48. The van der Waals surface area contributed by atoms with Gasteiger partial charge in [0.15, 0.2) is 0 Å². The van der Waals surface area contributed by atoms with E-state index >= 15 is 0 Å². The van der Waals surface area contributed by atoms with Crippen molar-refractivity contribution in [2.45, 2.75) is 26.4 Å². The lowest BCUT2D eigenvalue weighted by atomic mass is 10.0. The van der Waals surface area contributed by atoms with E-state index in [1.54, 1.807) is 18.3 Å². The first-order valence-corrected chi connectivity index (χ1v) is 7.23. The van der Waals surface area contributed by atoms with Gasteiger partial charge in [-0.3, -0.25) is 4.68 Å². The molecule has 2 aromatic rings. The summed E-state index contributed by atoms with van der Waals surface area (Å²) in [5, 5.41) is 8.26. The van der Waals surface area contributed by atoms with Crippen LogP contribution in [0.5, 0.6) is 0 Å². The smallest absolute Gasteiger partial charge is 0.141 e. The van der Waals surface area contributed by atoms with Crippen LogP contribution in [0.25, 0.3) is 0 Å². The molecule has 0 saturated heterocycles. The number of nitrogens with one attached hydrogen (secondary N) is 1. The van der Waals surface area contributed by atoms with Gasteiger partial charge in [-0.1, -0.05) is 36.2 Å². The van der Waals surface area contributed by atoms with Gasteiger partial charge in [0.2, 0.25) is 0 Å². The molecule has 3 nitrogen and oxygen atoms in total. The van der Waals surface area contributed by atoms with Gasteiger partial charge in [0, 0.05) is 6.54 Å². The van der Waals surface area contributed by atoms with Crippen molar-refractivity contribution in [1.82, 2.24) is 15.1 Å². The van der Waals surface area contributed by atoms with Crippen LogP contribution in [0.15, 0.2) is 24.4 Å². The molecule has 2 rings (SSSR count). The molecule has 1 unspecified atom stereocenters. The van der Waals surface area contributed by atoms with Crippen LogP contribution in [-0.4, -0.2) is 16.3 Å². The van der Waals surface area contributed by atoms with Gasteiger partial charge in [-0.2, -0.15) is 5.10 Å². The molecule has 0 bridgehead atoms. The summed E-state index contributed by atoms with van der Waals surface area (Å²) in [5.41, 5.74) is 1.72. The fourth-order valence-electron chi connectivity index (χ4n) is 2.18. The van der Waals surface area contributed by atoms with Crippen molar-refractivity contribution in [3.05, 3.63) is 51.5 Å². The molecule has 1 atom stereocenters. The SMILES string of the molecule is CCNC(c1ccc(F)c(Cl)c1)c1c(Cl)cnn1CC. The van der Waals surface area contributed by atoms with Gasteiger partial charge in [-0.15, -0.1) is 0 Å². The zero-order valence-corrected chi connectivity index (χ0v) is 12.8. The highest BCUT2D eigenvalue weighted by atomic mass is 35.5. The Morgan fingerprint density at radius 3 is 2.65 bits per heavy atom. The van der Waals surface area contributed by atoms with Gasteiger partial charge in [-0.05, 0) is 31.2 Å². The van der Waals surface area contributed by atoms with Crippen molar-refractivity contribution in [3.63, 3.8) is 0 Å². The van der Waals surface area contributed by atoms with Crippen LogP contribution < -0.4 is 5.32 Å². The van der Waals surface area contributed by atoms with E-state index in [1.807, 2.05) is 18.5 Å². The van der Waals surface area contributed by atoms with Crippen LogP contribution >= 0.6 is 23.2 Å². The summed E-state index contributed by atoms with van der Waals surface area (Å²) in [4.78, 5) is 0. The highest BCUT2D eigenvalue weighted by Crippen LogP contribution is 2.30. The van der Waals surface area contributed by atoms with E-state index in [9.17, 15) is 4.39 Å². The molecule has 1 heterocycles. The van der Waals surface area contributed by atoms with Gasteiger partial charge in [-0.25, -0.2) is 4.39 Å². The summed E-state index contributed by atoms with van der Waals surface area (Å²) in [7, 11) is 0. The number of aryl methyl sites for hydroxylation is 1. The molecule has 1 aromatic carbocycles. The largest absolute Gasteiger partial charge is 0.305 e. The number of rotatable bonds is 5. The van der Waals surface area contributed by atoms with Crippen molar-refractivity contribution in [2.24, 2.45) is 0 Å².